The predicted octanol–water partition coefficient (Wildman–Crippen LogP) is 1.81. The van der Waals surface area contributed by atoms with Gasteiger partial charge in [0.2, 0.25) is 5.91 Å². The Labute approximate surface area is 126 Å². The van der Waals surface area contributed by atoms with Gasteiger partial charge in [0, 0.05) is 18.8 Å². The van der Waals surface area contributed by atoms with E-state index in [4.69, 9.17) is 0 Å². The van der Waals surface area contributed by atoms with Crippen molar-refractivity contribution < 1.29 is 9.90 Å². The van der Waals surface area contributed by atoms with Crippen molar-refractivity contribution in [3.8, 4) is 0 Å². The van der Waals surface area contributed by atoms with Crippen molar-refractivity contribution >= 4 is 11.6 Å². The second kappa shape index (κ2) is 5.78. The third-order valence-corrected chi connectivity index (χ3v) is 4.70. The summed E-state index contributed by atoms with van der Waals surface area (Å²) in [6, 6.07) is 8.16. The molecule has 2 aliphatic rings. The molecule has 3 rings (SSSR count). The van der Waals surface area contributed by atoms with Gasteiger partial charge in [-0.05, 0) is 50.8 Å². The van der Waals surface area contributed by atoms with Crippen LogP contribution in [0.25, 0.3) is 0 Å². The third-order valence-electron chi connectivity index (χ3n) is 4.70. The summed E-state index contributed by atoms with van der Waals surface area (Å²) in [6.45, 7) is 4.86. The van der Waals surface area contributed by atoms with E-state index in [9.17, 15) is 9.90 Å². The molecule has 0 saturated carbocycles. The maximum Gasteiger partial charge on any atom is 0.241 e. The zero-order chi connectivity index (χ0) is 14.9. The zero-order valence-corrected chi connectivity index (χ0v) is 12.7. The quantitative estimate of drug-likeness (QED) is 0.902. The number of carbonyl (C=O) groups excluding carboxylic acids is 1. The highest BCUT2D eigenvalue weighted by molar-refractivity contribution is 5.96. The monoisotopic (exact) mass is 288 g/mol. The van der Waals surface area contributed by atoms with Crippen LogP contribution < -0.4 is 4.90 Å². The number of aliphatic hydroxyl groups is 1. The summed E-state index contributed by atoms with van der Waals surface area (Å²) < 4.78 is 0. The Kier molecular flexibility index (Phi) is 4.00. The number of nitrogens with zero attached hydrogens (tertiary/aromatic N) is 2. The molecule has 1 aromatic carbocycles. The first-order chi connectivity index (χ1) is 10.1. The van der Waals surface area contributed by atoms with E-state index in [-0.39, 0.29) is 5.91 Å². The Bertz CT molecular complexity index is 527. The lowest BCUT2D eigenvalue weighted by Crippen LogP contribution is -2.40. The lowest BCUT2D eigenvalue weighted by atomic mass is 9.98. The Morgan fingerprint density at radius 2 is 2.05 bits per heavy atom. The molecule has 0 aliphatic carbocycles. The molecule has 0 bridgehead atoms. The van der Waals surface area contributed by atoms with E-state index in [1.54, 1.807) is 0 Å². The van der Waals surface area contributed by atoms with Crippen LogP contribution in [0.15, 0.2) is 24.3 Å². The van der Waals surface area contributed by atoms with E-state index in [0.717, 1.165) is 51.0 Å². The van der Waals surface area contributed by atoms with Crippen LogP contribution >= 0.6 is 0 Å². The van der Waals surface area contributed by atoms with Gasteiger partial charge >= 0.3 is 0 Å². The summed E-state index contributed by atoms with van der Waals surface area (Å²) in [5.74, 6) is 0.182. The molecule has 1 N–H and O–H groups in total. The highest BCUT2D eigenvalue weighted by Crippen LogP contribution is 2.28. The molecular formula is C17H24N2O2. The average molecular weight is 288 g/mol. The molecule has 114 valence electrons. The number of fused-ring (bicyclic) bond motifs is 1. The van der Waals surface area contributed by atoms with Gasteiger partial charge in [-0.25, -0.2) is 0 Å². The number of para-hydroxylation sites is 1. The van der Waals surface area contributed by atoms with Gasteiger partial charge in [0.25, 0.3) is 0 Å². The summed E-state index contributed by atoms with van der Waals surface area (Å²) in [7, 11) is 0. The minimum absolute atomic E-state index is 0.182. The van der Waals surface area contributed by atoms with Crippen LogP contribution in [0.5, 0.6) is 0 Å². The molecule has 1 atom stereocenters. The molecular weight excluding hydrogens is 264 g/mol. The first-order valence-electron chi connectivity index (χ1n) is 7.88. The van der Waals surface area contributed by atoms with Crippen LogP contribution in [0.1, 0.15) is 31.7 Å². The first kappa shape index (κ1) is 14.5. The summed E-state index contributed by atoms with van der Waals surface area (Å²) in [4.78, 5) is 16.7. The van der Waals surface area contributed by atoms with Gasteiger partial charge in [0.1, 0.15) is 0 Å². The highest BCUT2D eigenvalue weighted by Gasteiger charge is 2.28. The summed E-state index contributed by atoms with van der Waals surface area (Å²) in [6.07, 6.45) is 3.48. The van der Waals surface area contributed by atoms with Crippen molar-refractivity contribution in [2.24, 2.45) is 0 Å². The number of carbonyl (C=O) groups is 1. The molecule has 1 amide bonds. The summed E-state index contributed by atoms with van der Waals surface area (Å²) >= 11 is 0. The zero-order valence-electron chi connectivity index (χ0n) is 12.7. The highest BCUT2D eigenvalue weighted by atomic mass is 16.3. The fourth-order valence-electron chi connectivity index (χ4n) is 3.35. The molecule has 4 heteroatoms. The summed E-state index contributed by atoms with van der Waals surface area (Å²) in [5, 5.41) is 10.1. The van der Waals surface area contributed by atoms with E-state index in [1.807, 2.05) is 30.0 Å². The molecule has 1 fully saturated rings. The summed E-state index contributed by atoms with van der Waals surface area (Å²) in [5.41, 5.74) is 1.77. The molecule has 1 unspecified atom stereocenters. The minimum atomic E-state index is -0.571. The molecule has 0 spiro atoms. The van der Waals surface area contributed by atoms with Gasteiger partial charge < -0.3 is 10.0 Å². The second-order valence-electron chi connectivity index (χ2n) is 6.55. The molecule has 0 radical (unpaired) electrons. The van der Waals surface area contributed by atoms with Crippen molar-refractivity contribution in [2.75, 3.05) is 31.1 Å². The Hall–Kier alpha value is -1.39. The lowest BCUT2D eigenvalue weighted by molar-refractivity contribution is -0.119. The second-order valence-corrected chi connectivity index (χ2v) is 6.55. The van der Waals surface area contributed by atoms with Crippen LogP contribution in [0.2, 0.25) is 0 Å². The Balaban J connectivity index is 1.62. The van der Waals surface area contributed by atoms with E-state index < -0.39 is 5.60 Å². The Morgan fingerprint density at radius 3 is 2.90 bits per heavy atom. The van der Waals surface area contributed by atoms with Crippen molar-refractivity contribution in [1.29, 1.82) is 0 Å². The molecule has 1 aromatic rings. The maximum absolute atomic E-state index is 12.6. The van der Waals surface area contributed by atoms with Gasteiger partial charge in [-0.1, -0.05) is 18.2 Å². The van der Waals surface area contributed by atoms with Crippen LogP contribution in [-0.4, -0.2) is 47.7 Å². The van der Waals surface area contributed by atoms with Gasteiger partial charge in [-0.2, -0.15) is 0 Å². The topological polar surface area (TPSA) is 43.8 Å². The van der Waals surface area contributed by atoms with E-state index in [1.165, 1.54) is 5.56 Å². The largest absolute Gasteiger partial charge is 0.390 e. The molecule has 1 saturated heterocycles. The molecule has 0 aromatic heterocycles. The average Bonchev–Trinajstić information content (AvgIpc) is 2.81. The fourth-order valence-corrected chi connectivity index (χ4v) is 3.35. The number of hydrogen-bond donors (Lipinski definition) is 1. The van der Waals surface area contributed by atoms with Crippen LogP contribution in [0.4, 0.5) is 5.69 Å². The molecule has 2 heterocycles. The normalized spacial score (nSPS) is 26.5. The van der Waals surface area contributed by atoms with Gasteiger partial charge in [0.15, 0.2) is 0 Å². The minimum Gasteiger partial charge on any atom is -0.390 e. The third kappa shape index (κ3) is 3.27. The molecule has 21 heavy (non-hydrogen) atoms. The number of likely N-dealkylation sites (tertiary alicyclic amines) is 1. The van der Waals surface area contributed by atoms with E-state index in [0.29, 0.717) is 6.54 Å². The van der Waals surface area contributed by atoms with Gasteiger partial charge in [-0.15, -0.1) is 0 Å². The predicted molar refractivity (Wildman–Crippen MR) is 83.4 cm³/mol. The Morgan fingerprint density at radius 1 is 1.24 bits per heavy atom. The number of benzene rings is 1. The maximum atomic E-state index is 12.6. The van der Waals surface area contributed by atoms with Crippen molar-refractivity contribution in [3.05, 3.63) is 29.8 Å². The number of hydrogen-bond acceptors (Lipinski definition) is 3. The van der Waals surface area contributed by atoms with Crippen LogP contribution in [0, 0.1) is 0 Å². The first-order valence-corrected chi connectivity index (χ1v) is 7.88. The lowest BCUT2D eigenvalue weighted by Gasteiger charge is -2.24. The number of anilines is 1. The van der Waals surface area contributed by atoms with Gasteiger partial charge in [-0.3, -0.25) is 9.69 Å². The number of rotatable bonds is 2. The number of amides is 1. The molecule has 2 aliphatic heterocycles. The van der Waals surface area contributed by atoms with Crippen molar-refractivity contribution in [3.63, 3.8) is 0 Å². The fraction of sp³-hybridized carbons (Fsp3) is 0.588. The smallest absolute Gasteiger partial charge is 0.241 e. The SMILES string of the molecule is CC1(O)CCCN(CC(=O)N2CCc3ccccc32)CC1. The van der Waals surface area contributed by atoms with E-state index in [2.05, 4.69) is 11.0 Å². The standard InChI is InChI=1S/C17H24N2O2/c1-17(21)8-4-10-18(12-9-17)13-16(20)19-11-7-14-5-2-3-6-15(14)19/h2-3,5-6,21H,4,7-13H2,1H3. The van der Waals surface area contributed by atoms with Crippen LogP contribution in [-0.2, 0) is 11.2 Å². The van der Waals surface area contributed by atoms with Crippen LogP contribution in [0.3, 0.4) is 0 Å². The molecule has 4 nitrogen and oxygen atoms in total. The van der Waals surface area contributed by atoms with E-state index >= 15 is 0 Å². The van der Waals surface area contributed by atoms with Gasteiger partial charge in [0.05, 0.1) is 12.1 Å². The van der Waals surface area contributed by atoms with Crippen molar-refractivity contribution in [1.82, 2.24) is 4.90 Å². The van der Waals surface area contributed by atoms with Crippen molar-refractivity contribution in [2.45, 2.75) is 38.2 Å².